The van der Waals surface area contributed by atoms with Crippen LogP contribution in [0.25, 0.3) is 0 Å². The van der Waals surface area contributed by atoms with Crippen LogP contribution in [0.1, 0.15) is 79.8 Å². The molecule has 0 saturated carbocycles. The molecule has 2 heterocycles. The number of rotatable bonds is 23. The molecular weight excluding hydrogens is 662 g/mol. The number of carbonyl (C=O) groups is 1. The van der Waals surface area contributed by atoms with Gasteiger partial charge in [0.1, 0.15) is 24.1 Å². The van der Waals surface area contributed by atoms with Crippen molar-refractivity contribution in [1.29, 1.82) is 0 Å². The van der Waals surface area contributed by atoms with E-state index in [1.54, 1.807) is 12.4 Å². The van der Waals surface area contributed by atoms with E-state index in [1.807, 2.05) is 78.9 Å². The van der Waals surface area contributed by atoms with E-state index in [2.05, 4.69) is 33.1 Å². The average molecular weight is 716 g/mol. The Balaban J connectivity index is 1.29. The van der Waals surface area contributed by atoms with Crippen LogP contribution in [0.5, 0.6) is 0 Å². The summed E-state index contributed by atoms with van der Waals surface area (Å²) in [5.41, 5.74) is 3.52. The monoisotopic (exact) mass is 715 g/mol. The lowest BCUT2D eigenvalue weighted by Gasteiger charge is -2.33. The highest BCUT2D eigenvalue weighted by Crippen LogP contribution is 2.43. The van der Waals surface area contributed by atoms with Crippen molar-refractivity contribution in [3.63, 3.8) is 0 Å². The summed E-state index contributed by atoms with van der Waals surface area (Å²) < 4.78 is 0. The first-order chi connectivity index (χ1) is 25.3. The van der Waals surface area contributed by atoms with Gasteiger partial charge in [-0.2, -0.15) is 0 Å². The zero-order chi connectivity index (χ0) is 37.1. The second-order valence-corrected chi connectivity index (χ2v) is 12.9. The van der Waals surface area contributed by atoms with Crippen molar-refractivity contribution in [2.24, 2.45) is 0 Å². The highest BCUT2D eigenvalue weighted by Gasteiger charge is 2.35. The molecule has 4 aromatic rings. The van der Waals surface area contributed by atoms with Crippen LogP contribution >= 0.6 is 0 Å². The predicted molar refractivity (Wildman–Crippen MR) is 200 cm³/mol. The minimum Gasteiger partial charge on any atom is -0.394 e. The SMILES string of the molecule is O=C(NCCCCCCCCCNc1ccccc1[C@@H](Nc1ccccn1)[C@H](c1ccccn1)[C@H](O)c1ccccc1)[C@H](O)[C@@H](O)[C@H](O)[C@H](O)CO. The normalized spacial score (nSPS) is 15.4. The van der Waals surface area contributed by atoms with Gasteiger partial charge in [-0.05, 0) is 54.3 Å². The maximum Gasteiger partial charge on any atom is 0.251 e. The average Bonchev–Trinajstić information content (AvgIpc) is 3.19. The highest BCUT2D eigenvalue weighted by atomic mass is 16.4. The van der Waals surface area contributed by atoms with E-state index in [-0.39, 0.29) is 6.04 Å². The summed E-state index contributed by atoms with van der Waals surface area (Å²) in [4.78, 5) is 21.3. The van der Waals surface area contributed by atoms with Gasteiger partial charge in [-0.1, -0.05) is 92.8 Å². The maximum atomic E-state index is 12.1. The van der Waals surface area contributed by atoms with E-state index in [9.17, 15) is 30.3 Å². The molecule has 0 unspecified atom stereocenters. The molecule has 12 heteroatoms. The Bertz CT molecular complexity index is 1570. The van der Waals surface area contributed by atoms with Crippen molar-refractivity contribution in [3.05, 3.63) is 120 Å². The van der Waals surface area contributed by atoms with Crippen LogP contribution in [0.4, 0.5) is 11.5 Å². The molecule has 0 aliphatic heterocycles. The van der Waals surface area contributed by atoms with Crippen LogP contribution in [0, 0.1) is 0 Å². The number of carbonyl (C=O) groups excluding carboxylic acids is 1. The first-order valence-corrected chi connectivity index (χ1v) is 18.1. The van der Waals surface area contributed by atoms with Gasteiger partial charge in [0.2, 0.25) is 0 Å². The van der Waals surface area contributed by atoms with Crippen molar-refractivity contribution in [2.45, 2.75) is 87.4 Å². The van der Waals surface area contributed by atoms with Crippen LogP contribution in [-0.2, 0) is 4.79 Å². The molecular formula is C40H53N5O7. The first-order valence-electron chi connectivity index (χ1n) is 18.1. The quantitative estimate of drug-likeness (QED) is 0.0506. The number of aliphatic hydroxyl groups is 6. The fourth-order valence-corrected chi connectivity index (χ4v) is 6.19. The highest BCUT2D eigenvalue weighted by molar-refractivity contribution is 5.81. The first kappa shape index (κ1) is 40.3. The van der Waals surface area contributed by atoms with Crippen LogP contribution in [-0.4, -0.2) is 90.6 Å². The van der Waals surface area contributed by atoms with Crippen molar-refractivity contribution in [1.82, 2.24) is 15.3 Å². The van der Waals surface area contributed by atoms with Gasteiger partial charge >= 0.3 is 0 Å². The summed E-state index contributed by atoms with van der Waals surface area (Å²) in [5, 5.41) is 69.5. The molecule has 52 heavy (non-hydrogen) atoms. The fourth-order valence-electron chi connectivity index (χ4n) is 6.19. The lowest BCUT2D eigenvalue weighted by atomic mass is 9.82. The largest absolute Gasteiger partial charge is 0.394 e. The number of unbranched alkanes of at least 4 members (excludes halogenated alkanes) is 6. The van der Waals surface area contributed by atoms with Crippen LogP contribution in [0.3, 0.4) is 0 Å². The Labute approximate surface area is 305 Å². The molecule has 0 saturated heterocycles. The third-order valence-corrected chi connectivity index (χ3v) is 9.13. The van der Waals surface area contributed by atoms with Crippen molar-refractivity contribution in [2.75, 3.05) is 30.3 Å². The lowest BCUT2D eigenvalue weighted by Crippen LogP contribution is -2.51. The van der Waals surface area contributed by atoms with Gasteiger partial charge in [0, 0.05) is 36.9 Å². The standard InChI is InChI=1S/C40H53N5O7/c46-27-32(47)37(49)38(50)39(51)40(52)44-26-14-5-3-1-2-4-13-23-41-30-20-10-9-19-29(30)35(45-33-22-12-16-25-43-33)34(31-21-11-15-24-42-31)36(48)28-17-7-6-8-18-28/h6-12,15-22,24-25,32,34-39,41,46-51H,1-5,13-14,23,26-27H2,(H,43,45)(H,44,52)/t32-,34+,35-,36-,37-,38+,39-/m1/s1. The fraction of sp³-hybridized carbons (Fsp3) is 0.425. The number of nitrogens with one attached hydrogen (secondary N) is 3. The second kappa shape index (κ2) is 21.8. The van der Waals surface area contributed by atoms with E-state index in [1.165, 1.54) is 0 Å². The molecule has 0 aliphatic rings. The summed E-state index contributed by atoms with van der Waals surface area (Å²) in [6.07, 6.45) is 1.97. The third-order valence-electron chi connectivity index (χ3n) is 9.13. The number of aliphatic hydroxyl groups excluding tert-OH is 6. The van der Waals surface area contributed by atoms with E-state index >= 15 is 0 Å². The van der Waals surface area contributed by atoms with Gasteiger partial charge in [-0.15, -0.1) is 0 Å². The minimum absolute atomic E-state index is 0.310. The lowest BCUT2D eigenvalue weighted by molar-refractivity contribution is -0.148. The van der Waals surface area contributed by atoms with Gasteiger partial charge < -0.3 is 46.6 Å². The molecule has 2 aromatic heterocycles. The topological polar surface area (TPSA) is 200 Å². The molecule has 9 N–H and O–H groups in total. The molecule has 0 bridgehead atoms. The Morgan fingerprint density at radius 3 is 1.92 bits per heavy atom. The molecule has 0 spiro atoms. The Morgan fingerprint density at radius 2 is 1.27 bits per heavy atom. The van der Waals surface area contributed by atoms with Crippen molar-refractivity contribution >= 4 is 17.4 Å². The zero-order valence-electron chi connectivity index (χ0n) is 29.4. The summed E-state index contributed by atoms with van der Waals surface area (Å²) in [5.74, 6) is -0.598. The van der Waals surface area contributed by atoms with E-state index in [4.69, 9.17) is 10.1 Å². The summed E-state index contributed by atoms with van der Waals surface area (Å²) in [6, 6.07) is 28.9. The third kappa shape index (κ3) is 12.1. The van der Waals surface area contributed by atoms with E-state index in [0.717, 1.165) is 67.6 Å². The summed E-state index contributed by atoms with van der Waals surface area (Å²) >= 11 is 0. The smallest absolute Gasteiger partial charge is 0.251 e. The molecule has 7 atom stereocenters. The Kier molecular flexibility index (Phi) is 16.9. The number of amides is 1. The van der Waals surface area contributed by atoms with Crippen molar-refractivity contribution in [3.8, 4) is 0 Å². The molecule has 1 amide bonds. The molecule has 0 aliphatic carbocycles. The van der Waals surface area contributed by atoms with Gasteiger partial charge in [-0.3, -0.25) is 9.78 Å². The number of pyridine rings is 2. The van der Waals surface area contributed by atoms with Gasteiger partial charge in [0.05, 0.1) is 24.7 Å². The zero-order valence-corrected chi connectivity index (χ0v) is 29.4. The summed E-state index contributed by atoms with van der Waals surface area (Å²) in [7, 11) is 0. The van der Waals surface area contributed by atoms with Crippen molar-refractivity contribution < 1.29 is 35.4 Å². The van der Waals surface area contributed by atoms with Crippen LogP contribution in [0.15, 0.2) is 103 Å². The number of hydrogen-bond acceptors (Lipinski definition) is 11. The van der Waals surface area contributed by atoms with Gasteiger partial charge in [-0.25, -0.2) is 4.98 Å². The molecule has 12 nitrogen and oxygen atoms in total. The Hall–Kier alpha value is -4.43. The Morgan fingerprint density at radius 1 is 0.654 bits per heavy atom. The number of aromatic nitrogens is 2. The number of para-hydroxylation sites is 1. The molecule has 2 aromatic carbocycles. The second-order valence-electron chi connectivity index (χ2n) is 12.9. The van der Waals surface area contributed by atoms with Crippen LogP contribution < -0.4 is 16.0 Å². The molecule has 0 fully saturated rings. The summed E-state index contributed by atoms with van der Waals surface area (Å²) in [6.45, 7) is 0.273. The predicted octanol–water partition coefficient (Wildman–Crippen LogP) is 3.84. The van der Waals surface area contributed by atoms with Gasteiger partial charge in [0.15, 0.2) is 6.10 Å². The van der Waals surface area contributed by atoms with E-state index in [0.29, 0.717) is 18.8 Å². The maximum absolute atomic E-state index is 12.1. The van der Waals surface area contributed by atoms with Crippen LogP contribution in [0.2, 0.25) is 0 Å². The molecule has 4 rings (SSSR count). The number of hydrogen-bond donors (Lipinski definition) is 9. The minimum atomic E-state index is -1.91. The number of benzene rings is 2. The number of nitrogens with zero attached hydrogens (tertiary/aromatic N) is 2. The molecule has 280 valence electrons. The number of anilines is 2. The molecule has 0 radical (unpaired) electrons. The van der Waals surface area contributed by atoms with Gasteiger partial charge in [0.25, 0.3) is 5.91 Å². The van der Waals surface area contributed by atoms with E-state index < -0.39 is 49.0 Å².